The summed E-state index contributed by atoms with van der Waals surface area (Å²) in [5.74, 6) is 0. The van der Waals surface area contributed by atoms with Crippen molar-refractivity contribution in [3.05, 3.63) is 0 Å². The fourth-order valence-corrected chi connectivity index (χ4v) is 2.58. The largest absolute Gasteiger partial charge is 0.395 e. The molecule has 0 aromatic carbocycles. The summed E-state index contributed by atoms with van der Waals surface area (Å²) in [7, 11) is 2.25. The molecule has 1 unspecified atom stereocenters. The van der Waals surface area contributed by atoms with E-state index < -0.39 is 0 Å². The number of hydrogen-bond donors (Lipinski definition) is 1. The molecule has 16 heavy (non-hydrogen) atoms. The van der Waals surface area contributed by atoms with Gasteiger partial charge < -0.3 is 10.0 Å². The van der Waals surface area contributed by atoms with Crippen LogP contribution < -0.4 is 0 Å². The van der Waals surface area contributed by atoms with Gasteiger partial charge in [-0.3, -0.25) is 4.90 Å². The normalized spacial score (nSPS) is 23.2. The van der Waals surface area contributed by atoms with Gasteiger partial charge in [0.25, 0.3) is 0 Å². The van der Waals surface area contributed by atoms with Crippen molar-refractivity contribution in [2.75, 3.05) is 33.3 Å². The Morgan fingerprint density at radius 1 is 1.31 bits per heavy atom. The van der Waals surface area contributed by atoms with E-state index in [1.54, 1.807) is 0 Å². The molecule has 1 heterocycles. The van der Waals surface area contributed by atoms with Crippen molar-refractivity contribution >= 4 is 0 Å². The van der Waals surface area contributed by atoms with E-state index in [1.165, 1.54) is 32.2 Å². The van der Waals surface area contributed by atoms with E-state index in [1.807, 2.05) is 0 Å². The van der Waals surface area contributed by atoms with E-state index in [0.29, 0.717) is 6.04 Å². The third-order valence-corrected chi connectivity index (χ3v) is 3.79. The molecule has 1 aliphatic rings. The standard InChI is InChI=1S/C13H28N2O/c1-12(2)15(10-11-16)9-7-13-6-4-5-8-14(13)3/h12-13,16H,4-11H2,1-3H3. The van der Waals surface area contributed by atoms with Crippen molar-refractivity contribution in [1.82, 2.24) is 9.80 Å². The van der Waals surface area contributed by atoms with Gasteiger partial charge >= 0.3 is 0 Å². The third-order valence-electron chi connectivity index (χ3n) is 3.79. The van der Waals surface area contributed by atoms with Gasteiger partial charge in [0.05, 0.1) is 6.61 Å². The van der Waals surface area contributed by atoms with Gasteiger partial charge in [0.2, 0.25) is 0 Å². The zero-order chi connectivity index (χ0) is 12.0. The summed E-state index contributed by atoms with van der Waals surface area (Å²) in [6, 6.07) is 1.30. The van der Waals surface area contributed by atoms with Gasteiger partial charge in [-0.2, -0.15) is 0 Å². The first-order chi connectivity index (χ1) is 7.65. The lowest BCUT2D eigenvalue weighted by molar-refractivity contribution is 0.126. The highest BCUT2D eigenvalue weighted by Gasteiger charge is 2.20. The fourth-order valence-electron chi connectivity index (χ4n) is 2.58. The Kier molecular flexibility index (Phi) is 6.32. The van der Waals surface area contributed by atoms with Crippen LogP contribution in [0.2, 0.25) is 0 Å². The Morgan fingerprint density at radius 3 is 2.62 bits per heavy atom. The summed E-state index contributed by atoms with van der Waals surface area (Å²) in [4.78, 5) is 4.88. The molecular weight excluding hydrogens is 200 g/mol. The second-order valence-electron chi connectivity index (χ2n) is 5.27. The van der Waals surface area contributed by atoms with E-state index in [4.69, 9.17) is 5.11 Å². The van der Waals surface area contributed by atoms with Crippen LogP contribution >= 0.6 is 0 Å². The minimum absolute atomic E-state index is 0.276. The monoisotopic (exact) mass is 228 g/mol. The second-order valence-corrected chi connectivity index (χ2v) is 5.27. The molecule has 1 N–H and O–H groups in total. The Bertz CT molecular complexity index is 181. The van der Waals surface area contributed by atoms with Crippen molar-refractivity contribution in [2.24, 2.45) is 0 Å². The first-order valence-corrected chi connectivity index (χ1v) is 6.70. The van der Waals surface area contributed by atoms with Crippen LogP contribution in [0.25, 0.3) is 0 Å². The average molecular weight is 228 g/mol. The van der Waals surface area contributed by atoms with E-state index in [0.717, 1.165) is 19.1 Å². The average Bonchev–Trinajstić information content (AvgIpc) is 2.26. The molecule has 0 radical (unpaired) electrons. The van der Waals surface area contributed by atoms with Crippen molar-refractivity contribution in [3.8, 4) is 0 Å². The summed E-state index contributed by atoms with van der Waals surface area (Å²) in [6.07, 6.45) is 5.34. The predicted octanol–water partition coefficient (Wildman–Crippen LogP) is 1.56. The quantitative estimate of drug-likeness (QED) is 0.747. The minimum Gasteiger partial charge on any atom is -0.395 e. The van der Waals surface area contributed by atoms with Gasteiger partial charge in [0.1, 0.15) is 0 Å². The van der Waals surface area contributed by atoms with Gasteiger partial charge in [-0.1, -0.05) is 6.42 Å². The molecule has 0 aromatic heterocycles. The minimum atomic E-state index is 0.276. The van der Waals surface area contributed by atoms with E-state index in [9.17, 15) is 0 Å². The molecule has 0 bridgehead atoms. The Morgan fingerprint density at radius 2 is 2.06 bits per heavy atom. The molecule has 1 rings (SSSR count). The molecule has 96 valence electrons. The van der Waals surface area contributed by atoms with Crippen LogP contribution in [0.1, 0.15) is 39.5 Å². The smallest absolute Gasteiger partial charge is 0.0558 e. The van der Waals surface area contributed by atoms with Gasteiger partial charge in [0, 0.05) is 18.6 Å². The van der Waals surface area contributed by atoms with Crippen LogP contribution in [0.5, 0.6) is 0 Å². The molecule has 1 atom stereocenters. The van der Waals surface area contributed by atoms with E-state index >= 15 is 0 Å². The molecule has 0 saturated carbocycles. The number of likely N-dealkylation sites (tertiary alicyclic amines) is 1. The topological polar surface area (TPSA) is 26.7 Å². The lowest BCUT2D eigenvalue weighted by atomic mass is 10.00. The molecular formula is C13H28N2O. The molecule has 3 nitrogen and oxygen atoms in total. The van der Waals surface area contributed by atoms with Gasteiger partial charge in [-0.25, -0.2) is 0 Å². The molecule has 0 aliphatic carbocycles. The lowest BCUT2D eigenvalue weighted by Crippen LogP contribution is -2.41. The maximum atomic E-state index is 9.02. The highest BCUT2D eigenvalue weighted by molar-refractivity contribution is 4.76. The number of aliphatic hydroxyl groups is 1. The molecule has 0 aromatic rings. The summed E-state index contributed by atoms with van der Waals surface area (Å²) >= 11 is 0. The van der Waals surface area contributed by atoms with Crippen LogP contribution in [0.15, 0.2) is 0 Å². The maximum Gasteiger partial charge on any atom is 0.0558 e. The third kappa shape index (κ3) is 4.40. The summed E-state index contributed by atoms with van der Waals surface area (Å²) < 4.78 is 0. The summed E-state index contributed by atoms with van der Waals surface area (Å²) in [5, 5.41) is 9.02. The van der Waals surface area contributed by atoms with Gasteiger partial charge in [0.15, 0.2) is 0 Å². The van der Waals surface area contributed by atoms with Gasteiger partial charge in [-0.05, 0) is 53.2 Å². The molecule has 1 aliphatic heterocycles. The number of hydrogen-bond acceptors (Lipinski definition) is 3. The first kappa shape index (κ1) is 13.9. The maximum absolute atomic E-state index is 9.02. The SMILES string of the molecule is CC(C)N(CCO)CCC1CCCCN1C. The number of piperidine rings is 1. The van der Waals surface area contributed by atoms with Crippen molar-refractivity contribution in [2.45, 2.75) is 51.6 Å². The van der Waals surface area contributed by atoms with Crippen LogP contribution in [-0.2, 0) is 0 Å². The Labute approximate surface area is 100 Å². The Hall–Kier alpha value is -0.120. The van der Waals surface area contributed by atoms with Crippen molar-refractivity contribution in [3.63, 3.8) is 0 Å². The molecule has 3 heteroatoms. The summed E-state index contributed by atoms with van der Waals surface area (Å²) in [6.45, 7) is 7.88. The highest BCUT2D eigenvalue weighted by atomic mass is 16.3. The van der Waals surface area contributed by atoms with Crippen molar-refractivity contribution < 1.29 is 5.11 Å². The second kappa shape index (κ2) is 7.25. The van der Waals surface area contributed by atoms with Crippen LogP contribution in [0.4, 0.5) is 0 Å². The molecule has 0 spiro atoms. The van der Waals surface area contributed by atoms with E-state index in [-0.39, 0.29) is 6.61 Å². The van der Waals surface area contributed by atoms with Crippen LogP contribution in [0, 0.1) is 0 Å². The number of rotatable bonds is 6. The first-order valence-electron chi connectivity index (χ1n) is 6.70. The zero-order valence-corrected chi connectivity index (χ0v) is 11.2. The van der Waals surface area contributed by atoms with Crippen LogP contribution in [0.3, 0.4) is 0 Å². The zero-order valence-electron chi connectivity index (χ0n) is 11.2. The Balaban J connectivity index is 2.29. The highest BCUT2D eigenvalue weighted by Crippen LogP contribution is 2.18. The van der Waals surface area contributed by atoms with E-state index in [2.05, 4.69) is 30.7 Å². The predicted molar refractivity (Wildman–Crippen MR) is 68.7 cm³/mol. The molecule has 0 amide bonds. The van der Waals surface area contributed by atoms with Crippen LogP contribution in [-0.4, -0.2) is 60.3 Å². The van der Waals surface area contributed by atoms with Gasteiger partial charge in [-0.15, -0.1) is 0 Å². The lowest BCUT2D eigenvalue weighted by Gasteiger charge is -2.35. The molecule has 1 saturated heterocycles. The number of aliphatic hydroxyl groups excluding tert-OH is 1. The number of nitrogens with zero attached hydrogens (tertiary/aromatic N) is 2. The summed E-state index contributed by atoms with van der Waals surface area (Å²) in [5.41, 5.74) is 0. The van der Waals surface area contributed by atoms with Crippen molar-refractivity contribution in [1.29, 1.82) is 0 Å². The molecule has 1 fully saturated rings. The fraction of sp³-hybridized carbons (Fsp3) is 1.00.